The summed E-state index contributed by atoms with van der Waals surface area (Å²) in [6, 6.07) is 0. The van der Waals surface area contributed by atoms with Crippen molar-refractivity contribution in [3.8, 4) is 0 Å². The van der Waals surface area contributed by atoms with E-state index in [0.717, 1.165) is 12.8 Å². The standard InChI is InChI=1S/C6H9S/c1-2-3-4-5-6-7/h3-4H,2,5H2,1H3/b4-3+. The molecule has 0 saturated carbocycles. The molecule has 1 radical (unpaired) electrons. The average molecular weight is 113 g/mol. The van der Waals surface area contributed by atoms with Crippen LogP contribution in [0.5, 0.6) is 0 Å². The predicted molar refractivity (Wildman–Crippen MR) is 36.6 cm³/mol. The Bertz CT molecular complexity index is 64.6. The van der Waals surface area contributed by atoms with Crippen molar-refractivity contribution in [1.82, 2.24) is 0 Å². The molecule has 0 nitrogen and oxygen atoms in total. The summed E-state index contributed by atoms with van der Waals surface area (Å²) in [4.78, 5) is 0. The Morgan fingerprint density at radius 2 is 2.29 bits per heavy atom. The molecule has 7 heavy (non-hydrogen) atoms. The van der Waals surface area contributed by atoms with E-state index in [2.05, 4.69) is 30.6 Å². The molecular formula is C6H9S. The third-order valence-electron chi connectivity index (χ3n) is 0.604. The third-order valence-corrected chi connectivity index (χ3v) is 0.770. The maximum absolute atomic E-state index is 4.46. The number of allylic oxidation sites excluding steroid dienone is 2. The first kappa shape index (κ1) is 6.83. The van der Waals surface area contributed by atoms with Crippen molar-refractivity contribution in [2.24, 2.45) is 0 Å². The zero-order valence-corrected chi connectivity index (χ0v) is 5.29. The van der Waals surface area contributed by atoms with Crippen LogP contribution in [0, 0.1) is 0 Å². The molecule has 0 spiro atoms. The van der Waals surface area contributed by atoms with E-state index in [1.807, 2.05) is 6.08 Å². The number of thiocarbonyl (C=S) groups is 1. The molecule has 0 atom stereocenters. The monoisotopic (exact) mass is 113 g/mol. The maximum Gasteiger partial charge on any atom is 0.0332 e. The Balaban J connectivity index is 2.92. The lowest BCUT2D eigenvalue weighted by molar-refractivity contribution is 1.21. The van der Waals surface area contributed by atoms with Crippen molar-refractivity contribution < 1.29 is 0 Å². The van der Waals surface area contributed by atoms with Crippen LogP contribution in [0.4, 0.5) is 0 Å². The van der Waals surface area contributed by atoms with Gasteiger partial charge in [0.15, 0.2) is 0 Å². The molecule has 39 valence electrons. The normalized spacial score (nSPS) is 9.86. The molecule has 0 rings (SSSR count). The fourth-order valence-corrected chi connectivity index (χ4v) is 0.394. The molecule has 0 aromatic rings. The number of hydrogen-bond acceptors (Lipinski definition) is 1. The minimum Gasteiger partial charge on any atom is -0.0884 e. The molecule has 1 heteroatoms. The van der Waals surface area contributed by atoms with Crippen LogP contribution in [0.25, 0.3) is 0 Å². The van der Waals surface area contributed by atoms with Gasteiger partial charge in [0.2, 0.25) is 0 Å². The van der Waals surface area contributed by atoms with Gasteiger partial charge < -0.3 is 0 Å². The van der Waals surface area contributed by atoms with Crippen molar-refractivity contribution in [2.75, 3.05) is 0 Å². The van der Waals surface area contributed by atoms with E-state index in [9.17, 15) is 0 Å². The highest BCUT2D eigenvalue weighted by atomic mass is 32.1. The lowest BCUT2D eigenvalue weighted by atomic mass is 10.4. The number of rotatable bonds is 3. The highest BCUT2D eigenvalue weighted by molar-refractivity contribution is 7.78. The minimum absolute atomic E-state index is 0.809. The van der Waals surface area contributed by atoms with Gasteiger partial charge in [-0.1, -0.05) is 31.3 Å². The molecule has 0 unspecified atom stereocenters. The molecular weight excluding hydrogens is 104 g/mol. The third kappa shape index (κ3) is 5.83. The Hall–Kier alpha value is -0.170. The molecule has 0 aromatic carbocycles. The van der Waals surface area contributed by atoms with E-state index < -0.39 is 0 Å². The Kier molecular flexibility index (Phi) is 5.69. The zero-order chi connectivity index (χ0) is 5.54. The lowest BCUT2D eigenvalue weighted by Gasteiger charge is -1.73. The molecule has 0 heterocycles. The Morgan fingerprint density at radius 3 is 2.71 bits per heavy atom. The lowest BCUT2D eigenvalue weighted by Crippen LogP contribution is -1.60. The minimum atomic E-state index is 0.809. The quantitative estimate of drug-likeness (QED) is 0.399. The summed E-state index contributed by atoms with van der Waals surface area (Å²) < 4.78 is 0. The second-order valence-corrected chi connectivity index (χ2v) is 1.52. The van der Waals surface area contributed by atoms with Crippen molar-refractivity contribution in [2.45, 2.75) is 19.8 Å². The van der Waals surface area contributed by atoms with Gasteiger partial charge in [0.1, 0.15) is 0 Å². The van der Waals surface area contributed by atoms with Gasteiger partial charge in [-0.25, -0.2) is 0 Å². The molecule has 0 fully saturated rings. The smallest absolute Gasteiger partial charge is 0.0332 e. The summed E-state index contributed by atoms with van der Waals surface area (Å²) >= 11 is 4.46. The largest absolute Gasteiger partial charge is 0.0884 e. The van der Waals surface area contributed by atoms with Gasteiger partial charge in [0, 0.05) is 11.8 Å². The van der Waals surface area contributed by atoms with Gasteiger partial charge in [-0.05, 0) is 6.42 Å². The van der Waals surface area contributed by atoms with Crippen LogP contribution in [-0.4, -0.2) is 5.37 Å². The summed E-state index contributed by atoms with van der Waals surface area (Å²) in [7, 11) is 0. The van der Waals surface area contributed by atoms with Gasteiger partial charge in [0.05, 0.1) is 0 Å². The molecule has 0 N–H and O–H groups in total. The van der Waals surface area contributed by atoms with Crippen molar-refractivity contribution in [3.05, 3.63) is 12.2 Å². The van der Waals surface area contributed by atoms with Crippen molar-refractivity contribution in [3.63, 3.8) is 0 Å². The topological polar surface area (TPSA) is 0 Å². The van der Waals surface area contributed by atoms with Gasteiger partial charge in [-0.15, -0.1) is 0 Å². The molecule has 0 aliphatic rings. The SMILES string of the molecule is CC/C=C/C[C]=S. The van der Waals surface area contributed by atoms with Crippen LogP contribution in [-0.2, 0) is 0 Å². The van der Waals surface area contributed by atoms with Gasteiger partial charge in [-0.2, -0.15) is 0 Å². The van der Waals surface area contributed by atoms with E-state index >= 15 is 0 Å². The highest BCUT2D eigenvalue weighted by Crippen LogP contribution is 1.81. The average Bonchev–Trinajstić information content (AvgIpc) is 1.69. The van der Waals surface area contributed by atoms with Crippen LogP contribution < -0.4 is 0 Å². The first-order valence-corrected chi connectivity index (χ1v) is 2.82. The molecule has 0 amide bonds. The van der Waals surface area contributed by atoms with Crippen LogP contribution in [0.15, 0.2) is 12.2 Å². The molecule has 0 aromatic heterocycles. The summed E-state index contributed by atoms with van der Waals surface area (Å²) in [6.07, 6.45) is 6.01. The van der Waals surface area contributed by atoms with Crippen LogP contribution >= 0.6 is 12.2 Å². The number of hydrogen-bond donors (Lipinski definition) is 0. The Morgan fingerprint density at radius 1 is 1.57 bits per heavy atom. The summed E-state index contributed by atoms with van der Waals surface area (Å²) in [5.74, 6) is 0. The van der Waals surface area contributed by atoms with Crippen LogP contribution in [0.3, 0.4) is 0 Å². The second kappa shape index (κ2) is 5.83. The molecule has 0 saturated heterocycles. The first-order valence-electron chi connectivity index (χ1n) is 2.41. The zero-order valence-electron chi connectivity index (χ0n) is 4.48. The molecule has 0 aliphatic heterocycles. The van der Waals surface area contributed by atoms with Crippen LogP contribution in [0.1, 0.15) is 19.8 Å². The molecule has 0 aliphatic carbocycles. The summed E-state index contributed by atoms with van der Waals surface area (Å²) in [6.45, 7) is 2.10. The van der Waals surface area contributed by atoms with Crippen LogP contribution in [0.2, 0.25) is 0 Å². The van der Waals surface area contributed by atoms with Gasteiger partial charge in [0.25, 0.3) is 0 Å². The van der Waals surface area contributed by atoms with E-state index in [-0.39, 0.29) is 0 Å². The second-order valence-electron chi connectivity index (χ2n) is 1.23. The highest BCUT2D eigenvalue weighted by Gasteiger charge is 1.65. The Labute approximate surface area is 50.2 Å². The fraction of sp³-hybridized carbons (Fsp3) is 0.500. The van der Waals surface area contributed by atoms with Gasteiger partial charge in [-0.3, -0.25) is 0 Å². The maximum atomic E-state index is 4.46. The first-order chi connectivity index (χ1) is 3.41. The van der Waals surface area contributed by atoms with E-state index in [1.165, 1.54) is 0 Å². The van der Waals surface area contributed by atoms with E-state index in [4.69, 9.17) is 0 Å². The van der Waals surface area contributed by atoms with E-state index in [0.29, 0.717) is 0 Å². The summed E-state index contributed by atoms with van der Waals surface area (Å²) in [5.41, 5.74) is 0. The molecule has 0 bridgehead atoms. The van der Waals surface area contributed by atoms with E-state index in [1.54, 1.807) is 0 Å². The fourth-order valence-electron chi connectivity index (χ4n) is 0.298. The predicted octanol–water partition coefficient (Wildman–Crippen LogP) is 2.22. The van der Waals surface area contributed by atoms with Crippen molar-refractivity contribution in [1.29, 1.82) is 0 Å². The van der Waals surface area contributed by atoms with Crippen molar-refractivity contribution >= 4 is 17.6 Å². The summed E-state index contributed by atoms with van der Waals surface area (Å²) in [5, 5.41) is 2.60. The van der Waals surface area contributed by atoms with Gasteiger partial charge >= 0.3 is 0 Å².